The molecular weight excluding hydrogens is 343 g/mol. The normalized spacial score (nSPS) is 11.5. The molecule has 0 aliphatic carbocycles. The van der Waals surface area contributed by atoms with Crippen molar-refractivity contribution in [3.05, 3.63) is 101 Å². The van der Waals surface area contributed by atoms with E-state index in [-0.39, 0.29) is 17.9 Å². The van der Waals surface area contributed by atoms with Gasteiger partial charge in [0.05, 0.1) is 6.04 Å². The zero-order valence-corrected chi connectivity index (χ0v) is 14.8. The summed E-state index contributed by atoms with van der Waals surface area (Å²) in [4.78, 5) is 24.6. The Balaban J connectivity index is 1.64. The maximum Gasteiger partial charge on any atom is 0.255 e. The van der Waals surface area contributed by atoms with Gasteiger partial charge in [0.25, 0.3) is 11.8 Å². The number of nitrogens with one attached hydrogen (secondary N) is 2. The molecule has 0 saturated carbocycles. The summed E-state index contributed by atoms with van der Waals surface area (Å²) in [5, 5.41) is 5.55. The Morgan fingerprint density at radius 2 is 1.44 bits per heavy atom. The lowest BCUT2D eigenvalue weighted by atomic mass is 10.1. The minimum atomic E-state index is -0.424. The van der Waals surface area contributed by atoms with Gasteiger partial charge in [-0.15, -0.1) is 0 Å². The van der Waals surface area contributed by atoms with Crippen molar-refractivity contribution >= 4 is 17.5 Å². The van der Waals surface area contributed by atoms with E-state index < -0.39 is 5.82 Å². The Kier molecular flexibility index (Phi) is 5.61. The summed E-state index contributed by atoms with van der Waals surface area (Å²) in [6.45, 7) is 1.91. The molecule has 2 amide bonds. The third kappa shape index (κ3) is 4.79. The van der Waals surface area contributed by atoms with E-state index in [0.29, 0.717) is 16.8 Å². The maximum atomic E-state index is 13.2. The molecule has 0 aliphatic heterocycles. The molecule has 3 rings (SSSR count). The van der Waals surface area contributed by atoms with E-state index in [1.165, 1.54) is 18.2 Å². The number of rotatable bonds is 5. The van der Waals surface area contributed by atoms with Gasteiger partial charge >= 0.3 is 0 Å². The molecular formula is C22H19FN2O2. The predicted molar refractivity (Wildman–Crippen MR) is 103 cm³/mol. The highest BCUT2D eigenvalue weighted by atomic mass is 19.1. The number of halogens is 1. The van der Waals surface area contributed by atoms with Gasteiger partial charge in [-0.1, -0.05) is 36.4 Å². The summed E-state index contributed by atoms with van der Waals surface area (Å²) in [7, 11) is 0. The van der Waals surface area contributed by atoms with Crippen molar-refractivity contribution in [2.75, 3.05) is 5.32 Å². The monoisotopic (exact) mass is 362 g/mol. The molecule has 1 unspecified atom stereocenters. The third-order valence-electron chi connectivity index (χ3n) is 4.14. The fourth-order valence-electron chi connectivity index (χ4n) is 2.65. The maximum absolute atomic E-state index is 13.2. The summed E-state index contributed by atoms with van der Waals surface area (Å²) >= 11 is 0. The van der Waals surface area contributed by atoms with Crippen molar-refractivity contribution in [3.8, 4) is 0 Å². The van der Waals surface area contributed by atoms with Crippen LogP contribution in [-0.2, 0) is 0 Å². The van der Waals surface area contributed by atoms with Crippen LogP contribution in [0.1, 0.15) is 39.2 Å². The molecule has 0 aromatic heterocycles. The first-order valence-corrected chi connectivity index (χ1v) is 8.56. The number of hydrogen-bond donors (Lipinski definition) is 2. The fourth-order valence-corrected chi connectivity index (χ4v) is 2.65. The molecule has 27 heavy (non-hydrogen) atoms. The standard InChI is InChI=1S/C22H19FN2O2/c1-15(16-6-3-2-4-7-16)24-21(26)17-10-12-18(13-11-17)22(27)25-20-9-5-8-19(23)14-20/h2-15H,1H3,(H,24,26)(H,25,27). The van der Waals surface area contributed by atoms with Gasteiger partial charge in [0.15, 0.2) is 0 Å². The van der Waals surface area contributed by atoms with E-state index in [2.05, 4.69) is 10.6 Å². The van der Waals surface area contributed by atoms with Crippen molar-refractivity contribution in [2.24, 2.45) is 0 Å². The molecule has 0 spiro atoms. The van der Waals surface area contributed by atoms with Crippen LogP contribution < -0.4 is 10.6 Å². The average molecular weight is 362 g/mol. The minimum absolute atomic E-state index is 0.130. The number of amides is 2. The van der Waals surface area contributed by atoms with Gasteiger partial charge < -0.3 is 10.6 Å². The zero-order chi connectivity index (χ0) is 19.2. The van der Waals surface area contributed by atoms with Crippen LogP contribution in [0, 0.1) is 5.82 Å². The smallest absolute Gasteiger partial charge is 0.255 e. The Bertz CT molecular complexity index is 940. The molecule has 0 fully saturated rings. The van der Waals surface area contributed by atoms with Gasteiger partial charge in [-0.25, -0.2) is 4.39 Å². The summed E-state index contributed by atoms with van der Waals surface area (Å²) < 4.78 is 13.2. The Hall–Kier alpha value is -3.47. The van der Waals surface area contributed by atoms with Gasteiger partial charge in [0, 0.05) is 16.8 Å². The molecule has 0 saturated heterocycles. The Labute approximate surface area is 157 Å². The average Bonchev–Trinajstić information content (AvgIpc) is 2.68. The lowest BCUT2D eigenvalue weighted by molar-refractivity contribution is 0.0938. The highest BCUT2D eigenvalue weighted by Crippen LogP contribution is 2.14. The van der Waals surface area contributed by atoms with Gasteiger partial charge in [-0.05, 0) is 55.0 Å². The largest absolute Gasteiger partial charge is 0.346 e. The fraction of sp³-hybridized carbons (Fsp3) is 0.0909. The number of carbonyl (C=O) groups is 2. The topological polar surface area (TPSA) is 58.2 Å². The third-order valence-corrected chi connectivity index (χ3v) is 4.14. The van der Waals surface area contributed by atoms with Crippen LogP contribution in [0.5, 0.6) is 0 Å². The van der Waals surface area contributed by atoms with Crippen LogP contribution in [0.4, 0.5) is 10.1 Å². The van der Waals surface area contributed by atoms with Crippen LogP contribution in [0.3, 0.4) is 0 Å². The van der Waals surface area contributed by atoms with Gasteiger partial charge in [0.1, 0.15) is 5.82 Å². The zero-order valence-electron chi connectivity index (χ0n) is 14.8. The van der Waals surface area contributed by atoms with Crippen LogP contribution in [0.2, 0.25) is 0 Å². The summed E-state index contributed by atoms with van der Waals surface area (Å²) in [5.74, 6) is -1.01. The number of carbonyl (C=O) groups excluding carboxylic acids is 2. The number of hydrogen-bond acceptors (Lipinski definition) is 2. The van der Waals surface area contributed by atoms with Gasteiger partial charge in [-0.2, -0.15) is 0 Å². The lowest BCUT2D eigenvalue weighted by Gasteiger charge is -2.14. The number of anilines is 1. The van der Waals surface area contributed by atoms with Crippen molar-refractivity contribution in [1.29, 1.82) is 0 Å². The Morgan fingerprint density at radius 3 is 2.07 bits per heavy atom. The Morgan fingerprint density at radius 1 is 0.815 bits per heavy atom. The van der Waals surface area contributed by atoms with Crippen LogP contribution >= 0.6 is 0 Å². The first kappa shape index (κ1) is 18.3. The van der Waals surface area contributed by atoms with E-state index in [1.807, 2.05) is 37.3 Å². The van der Waals surface area contributed by atoms with E-state index >= 15 is 0 Å². The first-order valence-electron chi connectivity index (χ1n) is 8.56. The van der Waals surface area contributed by atoms with Crippen LogP contribution in [-0.4, -0.2) is 11.8 Å². The highest BCUT2D eigenvalue weighted by Gasteiger charge is 2.12. The minimum Gasteiger partial charge on any atom is -0.346 e. The van der Waals surface area contributed by atoms with Crippen molar-refractivity contribution in [3.63, 3.8) is 0 Å². The van der Waals surface area contributed by atoms with Gasteiger partial charge in [-0.3, -0.25) is 9.59 Å². The molecule has 136 valence electrons. The summed E-state index contributed by atoms with van der Waals surface area (Å²) in [5.41, 5.74) is 2.22. The molecule has 0 aliphatic rings. The van der Waals surface area contributed by atoms with Crippen LogP contribution in [0.15, 0.2) is 78.9 Å². The van der Waals surface area contributed by atoms with Crippen molar-refractivity contribution in [2.45, 2.75) is 13.0 Å². The molecule has 0 heterocycles. The van der Waals surface area contributed by atoms with Crippen molar-refractivity contribution < 1.29 is 14.0 Å². The molecule has 0 bridgehead atoms. The van der Waals surface area contributed by atoms with Crippen molar-refractivity contribution in [1.82, 2.24) is 5.32 Å². The molecule has 1 atom stereocenters. The van der Waals surface area contributed by atoms with E-state index in [9.17, 15) is 14.0 Å². The quantitative estimate of drug-likeness (QED) is 0.698. The second-order valence-corrected chi connectivity index (χ2v) is 6.15. The number of benzene rings is 3. The molecule has 3 aromatic rings. The second-order valence-electron chi connectivity index (χ2n) is 6.15. The lowest BCUT2D eigenvalue weighted by Crippen LogP contribution is -2.26. The molecule has 0 radical (unpaired) electrons. The van der Waals surface area contributed by atoms with E-state index in [4.69, 9.17) is 0 Å². The van der Waals surface area contributed by atoms with Gasteiger partial charge in [0.2, 0.25) is 0 Å². The first-order chi connectivity index (χ1) is 13.0. The molecule has 5 heteroatoms. The predicted octanol–water partition coefficient (Wildman–Crippen LogP) is 4.57. The molecule has 3 aromatic carbocycles. The second kappa shape index (κ2) is 8.27. The SMILES string of the molecule is CC(NC(=O)c1ccc(C(=O)Nc2cccc(F)c2)cc1)c1ccccc1. The summed E-state index contributed by atoms with van der Waals surface area (Å²) in [6.07, 6.45) is 0. The molecule has 2 N–H and O–H groups in total. The summed E-state index contributed by atoms with van der Waals surface area (Å²) in [6, 6.07) is 21.5. The van der Waals surface area contributed by atoms with E-state index in [0.717, 1.165) is 5.56 Å². The van der Waals surface area contributed by atoms with Crippen LogP contribution in [0.25, 0.3) is 0 Å². The highest BCUT2D eigenvalue weighted by molar-refractivity contribution is 6.05. The van der Waals surface area contributed by atoms with E-state index in [1.54, 1.807) is 30.3 Å². The molecule has 4 nitrogen and oxygen atoms in total.